The molecule has 2 aromatic carbocycles. The summed E-state index contributed by atoms with van der Waals surface area (Å²) in [5.74, 6) is 0.301. The first-order valence-corrected chi connectivity index (χ1v) is 11.2. The summed E-state index contributed by atoms with van der Waals surface area (Å²) < 4.78 is 32.7. The quantitative estimate of drug-likeness (QED) is 0.610. The van der Waals surface area contributed by atoms with Crippen LogP contribution in [0.15, 0.2) is 60.8 Å². The predicted molar refractivity (Wildman–Crippen MR) is 120 cm³/mol. The van der Waals surface area contributed by atoms with Gasteiger partial charge < -0.3 is 10.1 Å². The molecule has 1 fully saturated rings. The van der Waals surface area contributed by atoms with E-state index in [4.69, 9.17) is 16.3 Å². The van der Waals surface area contributed by atoms with Gasteiger partial charge in [0, 0.05) is 29.9 Å². The second-order valence-electron chi connectivity index (χ2n) is 6.75. The molecule has 2 N–H and O–H groups in total. The smallest absolute Gasteiger partial charge is 0.301 e. The molecule has 8 nitrogen and oxygen atoms in total. The third-order valence-electron chi connectivity index (χ3n) is 4.78. The number of methoxy groups -OCH3 is 1. The summed E-state index contributed by atoms with van der Waals surface area (Å²) in [6.07, 6.45) is 1.59. The Hall–Kier alpha value is -3.14. The highest BCUT2D eigenvalue weighted by Gasteiger charge is 2.27. The highest BCUT2D eigenvalue weighted by molar-refractivity contribution is 7.91. The molecule has 4 rings (SSSR count). The molecule has 1 aromatic heterocycles. The minimum Gasteiger partial charge on any atom is -0.495 e. The first kappa shape index (κ1) is 21.1. The number of pyridine rings is 1. The molecule has 2 heterocycles. The molecule has 1 amide bonds. The predicted octanol–water partition coefficient (Wildman–Crippen LogP) is 3.32. The minimum atomic E-state index is -3.51. The lowest BCUT2D eigenvalue weighted by atomic mass is 10.1. The van der Waals surface area contributed by atoms with Gasteiger partial charge in [-0.05, 0) is 54.6 Å². The number of carbonyl (C=O) groups excluding carboxylic acids is 1. The van der Waals surface area contributed by atoms with Crippen molar-refractivity contribution >= 4 is 39.1 Å². The van der Waals surface area contributed by atoms with Crippen LogP contribution in [0.1, 0.15) is 10.4 Å². The Morgan fingerprint density at radius 1 is 1.16 bits per heavy atom. The Bertz CT molecular complexity index is 1220. The number of carbonyl (C=O) groups is 1. The fraction of sp³-hybridized carbons (Fsp3) is 0.143. The Morgan fingerprint density at radius 2 is 1.94 bits per heavy atom. The molecule has 3 aromatic rings. The third-order valence-corrected chi connectivity index (χ3v) is 6.65. The summed E-state index contributed by atoms with van der Waals surface area (Å²) in [6.45, 7) is 0.702. The SMILES string of the molecule is COc1ccc(-c2cc(NC(=O)c3ccc(N4CCNS4(=O)=O)cc3)ccc2Cl)nc1. The van der Waals surface area contributed by atoms with E-state index in [0.29, 0.717) is 52.1 Å². The molecule has 160 valence electrons. The van der Waals surface area contributed by atoms with Gasteiger partial charge in [0.15, 0.2) is 0 Å². The molecule has 0 unspecified atom stereocenters. The van der Waals surface area contributed by atoms with E-state index in [1.165, 1.54) is 4.31 Å². The topological polar surface area (TPSA) is 101 Å². The summed E-state index contributed by atoms with van der Waals surface area (Å²) in [5, 5.41) is 3.33. The first-order chi connectivity index (χ1) is 14.9. The van der Waals surface area contributed by atoms with E-state index in [1.807, 2.05) is 0 Å². The highest BCUT2D eigenvalue weighted by Crippen LogP contribution is 2.30. The molecular weight excluding hydrogens is 440 g/mol. The number of benzene rings is 2. The van der Waals surface area contributed by atoms with Crippen molar-refractivity contribution in [3.05, 3.63) is 71.4 Å². The summed E-state index contributed by atoms with van der Waals surface area (Å²) in [6, 6.07) is 15.1. The zero-order valence-corrected chi connectivity index (χ0v) is 18.1. The van der Waals surface area contributed by atoms with Gasteiger partial charge in [-0.15, -0.1) is 0 Å². The zero-order valence-electron chi connectivity index (χ0n) is 16.5. The van der Waals surface area contributed by atoms with E-state index >= 15 is 0 Å². The average Bonchev–Trinajstić information content (AvgIpc) is 3.14. The number of nitrogens with one attached hydrogen (secondary N) is 2. The molecule has 0 saturated carbocycles. The maximum atomic E-state index is 12.7. The number of hydrogen-bond acceptors (Lipinski definition) is 5. The van der Waals surface area contributed by atoms with Crippen molar-refractivity contribution in [3.63, 3.8) is 0 Å². The van der Waals surface area contributed by atoms with E-state index < -0.39 is 10.2 Å². The van der Waals surface area contributed by atoms with Gasteiger partial charge in [0.2, 0.25) is 0 Å². The summed E-state index contributed by atoms with van der Waals surface area (Å²) in [4.78, 5) is 17.0. The van der Waals surface area contributed by atoms with Crippen LogP contribution >= 0.6 is 11.6 Å². The van der Waals surface area contributed by atoms with E-state index in [9.17, 15) is 13.2 Å². The van der Waals surface area contributed by atoms with Crippen LogP contribution in [0, 0.1) is 0 Å². The van der Waals surface area contributed by atoms with Gasteiger partial charge in [-0.3, -0.25) is 14.1 Å². The van der Waals surface area contributed by atoms with Crippen molar-refractivity contribution in [2.75, 3.05) is 29.8 Å². The normalized spacial score (nSPS) is 15.0. The van der Waals surface area contributed by atoms with Gasteiger partial charge in [0.05, 0.1) is 29.7 Å². The Kier molecular flexibility index (Phi) is 5.81. The van der Waals surface area contributed by atoms with Gasteiger partial charge in [-0.1, -0.05) is 11.6 Å². The van der Waals surface area contributed by atoms with Crippen LogP contribution < -0.4 is 19.1 Å². The van der Waals surface area contributed by atoms with E-state index in [0.717, 1.165) is 0 Å². The second kappa shape index (κ2) is 8.54. The monoisotopic (exact) mass is 458 g/mol. The number of aromatic nitrogens is 1. The van der Waals surface area contributed by atoms with Gasteiger partial charge in [0.1, 0.15) is 5.75 Å². The van der Waals surface area contributed by atoms with E-state index in [-0.39, 0.29) is 5.91 Å². The fourth-order valence-corrected chi connectivity index (χ4v) is 4.63. The Morgan fingerprint density at radius 3 is 2.55 bits per heavy atom. The molecule has 0 atom stereocenters. The molecule has 1 aliphatic rings. The fourth-order valence-electron chi connectivity index (χ4n) is 3.18. The lowest BCUT2D eigenvalue weighted by Gasteiger charge is -2.16. The second-order valence-corrected chi connectivity index (χ2v) is 8.84. The van der Waals surface area contributed by atoms with Gasteiger partial charge in [0.25, 0.3) is 5.91 Å². The van der Waals surface area contributed by atoms with Crippen molar-refractivity contribution in [1.29, 1.82) is 0 Å². The molecule has 31 heavy (non-hydrogen) atoms. The molecule has 10 heteroatoms. The summed E-state index contributed by atoms with van der Waals surface area (Å²) >= 11 is 6.32. The summed E-state index contributed by atoms with van der Waals surface area (Å²) in [5.41, 5.74) is 2.77. The maximum absolute atomic E-state index is 12.7. The zero-order chi connectivity index (χ0) is 22.0. The number of nitrogens with zero attached hydrogens (tertiary/aromatic N) is 2. The van der Waals surface area contributed by atoms with Gasteiger partial charge in [-0.2, -0.15) is 13.1 Å². The van der Waals surface area contributed by atoms with Crippen LogP contribution in [0.3, 0.4) is 0 Å². The van der Waals surface area contributed by atoms with Crippen molar-refractivity contribution < 1.29 is 17.9 Å². The number of ether oxygens (including phenoxy) is 1. The number of halogens is 1. The van der Waals surface area contributed by atoms with E-state index in [1.54, 1.807) is 67.9 Å². The Balaban J connectivity index is 1.52. The summed E-state index contributed by atoms with van der Waals surface area (Å²) in [7, 11) is -1.94. The maximum Gasteiger partial charge on any atom is 0.301 e. The number of rotatable bonds is 5. The van der Waals surface area contributed by atoms with Crippen molar-refractivity contribution in [2.24, 2.45) is 0 Å². The van der Waals surface area contributed by atoms with Gasteiger partial charge >= 0.3 is 10.2 Å². The molecule has 0 bridgehead atoms. The standard InChI is InChI=1S/C21H19ClN4O4S/c1-30-17-7-9-20(23-13-17)18-12-15(4-8-19(18)22)25-21(27)14-2-5-16(6-3-14)26-11-10-24-31(26,28)29/h2-9,12-13,24H,10-11H2,1H3,(H,25,27). The van der Waals surface area contributed by atoms with Crippen LogP contribution in [-0.4, -0.2) is 39.5 Å². The van der Waals surface area contributed by atoms with Crippen LogP contribution in [0.4, 0.5) is 11.4 Å². The molecule has 1 saturated heterocycles. The largest absolute Gasteiger partial charge is 0.495 e. The van der Waals surface area contributed by atoms with Crippen molar-refractivity contribution in [3.8, 4) is 17.0 Å². The van der Waals surface area contributed by atoms with Crippen LogP contribution in [0.5, 0.6) is 5.75 Å². The third kappa shape index (κ3) is 4.48. The first-order valence-electron chi connectivity index (χ1n) is 9.36. The van der Waals surface area contributed by atoms with Crippen molar-refractivity contribution in [1.82, 2.24) is 9.71 Å². The molecule has 0 aliphatic carbocycles. The van der Waals surface area contributed by atoms with Crippen molar-refractivity contribution in [2.45, 2.75) is 0 Å². The molecule has 0 radical (unpaired) electrons. The highest BCUT2D eigenvalue weighted by atomic mass is 35.5. The molecule has 0 spiro atoms. The number of amides is 1. The lowest BCUT2D eigenvalue weighted by molar-refractivity contribution is 0.102. The Labute approximate surface area is 185 Å². The minimum absolute atomic E-state index is 0.329. The number of hydrogen-bond donors (Lipinski definition) is 2. The number of anilines is 2. The van der Waals surface area contributed by atoms with Crippen LogP contribution in [0.25, 0.3) is 11.3 Å². The van der Waals surface area contributed by atoms with Crippen LogP contribution in [0.2, 0.25) is 5.02 Å². The van der Waals surface area contributed by atoms with Gasteiger partial charge in [-0.25, -0.2) is 0 Å². The average molecular weight is 459 g/mol. The van der Waals surface area contributed by atoms with Crippen LogP contribution in [-0.2, 0) is 10.2 Å². The van der Waals surface area contributed by atoms with E-state index in [2.05, 4.69) is 15.0 Å². The molecular formula is C21H19ClN4O4S. The lowest BCUT2D eigenvalue weighted by Crippen LogP contribution is -2.29. The molecule has 1 aliphatic heterocycles.